The van der Waals surface area contributed by atoms with Crippen LogP contribution in [0.4, 0.5) is 23.7 Å². The van der Waals surface area contributed by atoms with Crippen LogP contribution in [0.25, 0.3) is 11.0 Å². The van der Waals surface area contributed by atoms with Gasteiger partial charge < -0.3 is 29.6 Å². The van der Waals surface area contributed by atoms with Gasteiger partial charge in [0.1, 0.15) is 28.8 Å². The number of hydrogen-bond acceptors (Lipinski definition) is 7. The van der Waals surface area contributed by atoms with Gasteiger partial charge in [0, 0.05) is 50.2 Å². The topological polar surface area (TPSA) is 108 Å². The van der Waals surface area contributed by atoms with Gasteiger partial charge in [0.05, 0.1) is 23.5 Å². The standard InChI is InChI=1S/C28H28F3N7O3/c1-16-9-21-24(3-6-32-25(21)35-16)40-20-10-17-14-38(8-5-23(17)33-13-20)27(39)36-18-11-22(28(29,30)31)26(34-12-18)41-19-4-7-37(2)15-19/h3,6,9-13,19H,4-5,7-8,14-15H2,1-2H3,(H,32,35)(H,36,39)/t19-/m1/s1. The molecule has 13 heteroatoms. The average molecular weight is 568 g/mol. The number of carbonyl (C=O) groups is 1. The van der Waals surface area contributed by atoms with Crippen molar-refractivity contribution in [1.29, 1.82) is 0 Å². The van der Waals surface area contributed by atoms with Crippen molar-refractivity contribution >= 4 is 22.8 Å². The molecule has 6 heterocycles. The second-order valence-corrected chi connectivity index (χ2v) is 10.4. The molecule has 2 aliphatic heterocycles. The van der Waals surface area contributed by atoms with E-state index in [0.29, 0.717) is 43.1 Å². The summed E-state index contributed by atoms with van der Waals surface area (Å²) in [7, 11) is 1.88. The van der Waals surface area contributed by atoms with Crippen molar-refractivity contribution in [3.8, 4) is 17.4 Å². The molecule has 41 heavy (non-hydrogen) atoms. The van der Waals surface area contributed by atoms with Gasteiger partial charge >= 0.3 is 12.2 Å². The van der Waals surface area contributed by atoms with Crippen molar-refractivity contribution in [2.24, 2.45) is 0 Å². The number of halogens is 3. The maximum absolute atomic E-state index is 13.8. The molecule has 2 amide bonds. The number of aromatic nitrogens is 4. The Balaban J connectivity index is 1.16. The third-order valence-electron chi connectivity index (χ3n) is 7.19. The van der Waals surface area contributed by atoms with Gasteiger partial charge in [-0.15, -0.1) is 0 Å². The van der Waals surface area contributed by atoms with E-state index in [0.717, 1.165) is 34.9 Å². The lowest BCUT2D eigenvalue weighted by atomic mass is 10.1. The van der Waals surface area contributed by atoms with Gasteiger partial charge in [0.25, 0.3) is 0 Å². The fourth-order valence-corrected chi connectivity index (χ4v) is 5.15. The number of carbonyl (C=O) groups excluding carboxylic acids is 1. The van der Waals surface area contributed by atoms with E-state index in [2.05, 4.69) is 25.3 Å². The number of fused-ring (bicyclic) bond motifs is 2. The number of anilines is 1. The summed E-state index contributed by atoms with van der Waals surface area (Å²) in [5.74, 6) is 0.634. The first-order chi connectivity index (χ1) is 19.6. The third kappa shape index (κ3) is 5.75. The Hall–Kier alpha value is -4.39. The van der Waals surface area contributed by atoms with Gasteiger partial charge in [-0.3, -0.25) is 4.98 Å². The smallest absolute Gasteiger partial charge is 0.421 e. The molecule has 6 rings (SSSR count). The molecule has 0 bridgehead atoms. The summed E-state index contributed by atoms with van der Waals surface area (Å²) in [6, 6.07) is 5.86. The van der Waals surface area contributed by atoms with Crippen LogP contribution in [0.2, 0.25) is 0 Å². The first-order valence-corrected chi connectivity index (χ1v) is 13.2. The van der Waals surface area contributed by atoms with E-state index in [1.54, 1.807) is 18.5 Å². The summed E-state index contributed by atoms with van der Waals surface area (Å²) in [6.45, 7) is 3.77. The van der Waals surface area contributed by atoms with Gasteiger partial charge in [-0.25, -0.2) is 14.8 Å². The van der Waals surface area contributed by atoms with Crippen LogP contribution in [0, 0.1) is 6.92 Å². The molecule has 0 unspecified atom stereocenters. The van der Waals surface area contributed by atoms with Crippen LogP contribution in [-0.2, 0) is 19.1 Å². The Kier molecular flexibility index (Phi) is 6.89. The SMILES string of the molecule is Cc1cc2c(Oc3cnc4c(c3)CN(C(=O)Nc3cnc(O[C@@H]5CCN(C)C5)c(C(F)(F)F)c3)CC4)ccnc2[nH]1. The van der Waals surface area contributed by atoms with Crippen LogP contribution in [0.5, 0.6) is 17.4 Å². The van der Waals surface area contributed by atoms with Crippen LogP contribution in [0.15, 0.2) is 42.9 Å². The van der Waals surface area contributed by atoms with Crippen molar-refractivity contribution in [2.75, 3.05) is 32.0 Å². The molecular formula is C28H28F3N7O3. The number of hydrogen-bond donors (Lipinski definition) is 2. The van der Waals surface area contributed by atoms with E-state index in [4.69, 9.17) is 9.47 Å². The molecule has 0 radical (unpaired) electrons. The number of likely N-dealkylation sites (N-methyl/N-ethyl adjacent to an activating group) is 1. The first kappa shape index (κ1) is 26.8. The highest BCUT2D eigenvalue weighted by molar-refractivity contribution is 5.89. The zero-order chi connectivity index (χ0) is 28.7. The molecular weight excluding hydrogens is 539 g/mol. The van der Waals surface area contributed by atoms with Gasteiger partial charge in [-0.05, 0) is 50.2 Å². The predicted molar refractivity (Wildman–Crippen MR) is 144 cm³/mol. The van der Waals surface area contributed by atoms with Gasteiger partial charge in [0.2, 0.25) is 5.88 Å². The lowest BCUT2D eigenvalue weighted by molar-refractivity contribution is -0.139. The van der Waals surface area contributed by atoms with Crippen LogP contribution in [0.3, 0.4) is 0 Å². The van der Waals surface area contributed by atoms with E-state index in [9.17, 15) is 18.0 Å². The molecule has 10 nitrogen and oxygen atoms in total. The fourth-order valence-electron chi connectivity index (χ4n) is 5.15. The molecule has 0 aliphatic carbocycles. The lowest BCUT2D eigenvalue weighted by Gasteiger charge is -2.28. The summed E-state index contributed by atoms with van der Waals surface area (Å²) in [6.07, 6.45) is 0.513. The quantitative estimate of drug-likeness (QED) is 0.344. The number of amides is 2. The van der Waals surface area contributed by atoms with Crippen molar-refractivity contribution in [3.63, 3.8) is 0 Å². The Morgan fingerprint density at radius 3 is 2.78 bits per heavy atom. The van der Waals surface area contributed by atoms with E-state index in [1.165, 1.54) is 11.1 Å². The number of aryl methyl sites for hydroxylation is 1. The van der Waals surface area contributed by atoms with Crippen LogP contribution in [0.1, 0.15) is 28.9 Å². The molecule has 4 aromatic rings. The molecule has 0 spiro atoms. The van der Waals surface area contributed by atoms with E-state index >= 15 is 0 Å². The zero-order valence-corrected chi connectivity index (χ0v) is 22.5. The number of H-pyrrole nitrogens is 1. The minimum Gasteiger partial charge on any atom is -0.473 e. The Morgan fingerprint density at radius 2 is 2.00 bits per heavy atom. The number of ether oxygens (including phenoxy) is 2. The maximum Gasteiger partial charge on any atom is 0.421 e. The van der Waals surface area contributed by atoms with Gasteiger partial charge in [0.15, 0.2) is 0 Å². The molecule has 2 aliphatic rings. The Morgan fingerprint density at radius 1 is 1.15 bits per heavy atom. The summed E-state index contributed by atoms with van der Waals surface area (Å²) in [5.41, 5.74) is 2.20. The highest BCUT2D eigenvalue weighted by Crippen LogP contribution is 2.37. The third-order valence-corrected chi connectivity index (χ3v) is 7.19. The highest BCUT2D eigenvalue weighted by atomic mass is 19.4. The van der Waals surface area contributed by atoms with Gasteiger partial charge in [-0.2, -0.15) is 13.2 Å². The number of pyridine rings is 3. The highest BCUT2D eigenvalue weighted by Gasteiger charge is 2.37. The van der Waals surface area contributed by atoms with Crippen LogP contribution in [-0.4, -0.2) is 68.6 Å². The molecule has 1 saturated heterocycles. The predicted octanol–water partition coefficient (Wildman–Crippen LogP) is 5.15. The maximum atomic E-state index is 13.8. The molecule has 4 aromatic heterocycles. The van der Waals surface area contributed by atoms with Crippen LogP contribution < -0.4 is 14.8 Å². The second kappa shape index (κ2) is 10.5. The monoisotopic (exact) mass is 567 g/mol. The number of nitrogens with one attached hydrogen (secondary N) is 2. The zero-order valence-electron chi connectivity index (χ0n) is 22.5. The van der Waals surface area contributed by atoms with E-state index in [1.807, 2.05) is 31.0 Å². The largest absolute Gasteiger partial charge is 0.473 e. The van der Waals surface area contributed by atoms with Crippen molar-refractivity contribution in [3.05, 3.63) is 65.4 Å². The number of nitrogens with zero attached hydrogens (tertiary/aromatic N) is 5. The Bertz CT molecular complexity index is 1610. The normalized spacial score (nSPS) is 17.5. The Labute approximate surface area is 233 Å². The summed E-state index contributed by atoms with van der Waals surface area (Å²) < 4.78 is 53.2. The van der Waals surface area contributed by atoms with E-state index < -0.39 is 23.7 Å². The van der Waals surface area contributed by atoms with Crippen molar-refractivity contribution < 1.29 is 27.4 Å². The number of alkyl halides is 3. The number of rotatable bonds is 5. The number of aromatic amines is 1. The van der Waals surface area contributed by atoms with E-state index in [-0.39, 0.29) is 18.3 Å². The van der Waals surface area contributed by atoms with Crippen LogP contribution >= 0.6 is 0 Å². The molecule has 0 aromatic carbocycles. The summed E-state index contributed by atoms with van der Waals surface area (Å²) in [5, 5.41) is 3.39. The number of likely N-dealkylation sites (tertiary alicyclic amines) is 1. The average Bonchev–Trinajstić information content (AvgIpc) is 3.53. The lowest BCUT2D eigenvalue weighted by Crippen LogP contribution is -2.39. The molecule has 1 fully saturated rings. The minimum atomic E-state index is -4.70. The number of urea groups is 1. The summed E-state index contributed by atoms with van der Waals surface area (Å²) in [4.78, 5) is 32.5. The second-order valence-electron chi connectivity index (χ2n) is 10.4. The molecule has 1 atom stereocenters. The minimum absolute atomic E-state index is 0.0669. The van der Waals surface area contributed by atoms with Crippen molar-refractivity contribution in [1.82, 2.24) is 29.7 Å². The first-order valence-electron chi connectivity index (χ1n) is 13.2. The molecule has 0 saturated carbocycles. The molecule has 214 valence electrons. The van der Waals surface area contributed by atoms with Gasteiger partial charge in [-0.1, -0.05) is 0 Å². The molecule has 2 N–H and O–H groups in total. The summed E-state index contributed by atoms with van der Waals surface area (Å²) >= 11 is 0. The fraction of sp³-hybridized carbons (Fsp3) is 0.357. The van der Waals surface area contributed by atoms with Crippen molar-refractivity contribution in [2.45, 2.75) is 38.6 Å².